The van der Waals surface area contributed by atoms with Gasteiger partial charge in [-0.3, -0.25) is 9.69 Å². The Morgan fingerprint density at radius 2 is 1.41 bits per heavy atom. The summed E-state index contributed by atoms with van der Waals surface area (Å²) in [7, 11) is 0. The minimum absolute atomic E-state index is 0.0527. The van der Waals surface area contributed by atoms with Crippen molar-refractivity contribution in [1.82, 2.24) is 4.98 Å². The monoisotopic (exact) mass is 408 g/mol. The number of rotatable bonds is 6. The van der Waals surface area contributed by atoms with Crippen LogP contribution in [0.4, 0.5) is 27.8 Å². The molecule has 1 amide bonds. The predicted molar refractivity (Wildman–Crippen MR) is 93.6 cm³/mol. The first-order valence-corrected chi connectivity index (χ1v) is 8.29. The quantitative estimate of drug-likeness (QED) is 0.345. The highest BCUT2D eigenvalue weighted by Gasteiger charge is 2.28. The number of anilines is 1. The molecule has 4 nitrogen and oxygen atoms in total. The van der Waals surface area contributed by atoms with E-state index in [4.69, 9.17) is 0 Å². The minimum atomic E-state index is -2.31. The van der Waals surface area contributed by atoms with Gasteiger partial charge in [-0.25, -0.2) is 18.2 Å². The van der Waals surface area contributed by atoms with Gasteiger partial charge in [0.1, 0.15) is 5.82 Å². The van der Waals surface area contributed by atoms with Crippen molar-refractivity contribution >= 4 is 11.7 Å². The topological polar surface area (TPSA) is 42.4 Å². The van der Waals surface area contributed by atoms with Gasteiger partial charge < -0.3 is 4.74 Å². The number of hydrogen-bond acceptors (Lipinski definition) is 3. The number of aromatic nitrogens is 1. The van der Waals surface area contributed by atoms with Gasteiger partial charge in [0.15, 0.2) is 12.4 Å². The summed E-state index contributed by atoms with van der Waals surface area (Å²) in [5, 5.41) is 0. The van der Waals surface area contributed by atoms with E-state index in [2.05, 4.69) is 9.72 Å². The van der Waals surface area contributed by atoms with Crippen molar-refractivity contribution < 1.29 is 31.5 Å². The number of carbonyl (C=O) groups excluding carboxylic acids is 1. The van der Waals surface area contributed by atoms with Gasteiger partial charge in [0, 0.05) is 6.20 Å². The number of ether oxygens (including phenoxy) is 1. The van der Waals surface area contributed by atoms with Gasteiger partial charge >= 0.3 is 0 Å². The highest BCUT2D eigenvalue weighted by Crippen LogP contribution is 2.29. The van der Waals surface area contributed by atoms with Gasteiger partial charge in [0.25, 0.3) is 5.91 Å². The average Bonchev–Trinajstić information content (AvgIpc) is 2.76. The zero-order valence-electron chi connectivity index (χ0n) is 14.7. The summed E-state index contributed by atoms with van der Waals surface area (Å²) in [6.45, 7) is -0.918. The van der Waals surface area contributed by atoms with E-state index < -0.39 is 47.3 Å². The lowest BCUT2D eigenvalue weighted by atomic mass is 10.2. The Labute approximate surface area is 162 Å². The maximum atomic E-state index is 13.7. The van der Waals surface area contributed by atoms with E-state index in [1.165, 1.54) is 17.2 Å². The second kappa shape index (κ2) is 8.68. The number of halogens is 5. The van der Waals surface area contributed by atoms with Crippen molar-refractivity contribution in [3.05, 3.63) is 89.4 Å². The first-order valence-electron chi connectivity index (χ1n) is 8.29. The molecule has 150 valence electrons. The minimum Gasteiger partial charge on any atom is -0.477 e. The fraction of sp³-hybridized carbons (Fsp3) is 0.100. The van der Waals surface area contributed by atoms with Gasteiger partial charge in [-0.2, -0.15) is 8.78 Å². The molecule has 0 saturated heterocycles. The van der Waals surface area contributed by atoms with Crippen LogP contribution in [0.15, 0.2) is 54.7 Å². The highest BCUT2D eigenvalue weighted by atomic mass is 19.2. The summed E-state index contributed by atoms with van der Waals surface area (Å²) < 4.78 is 71.9. The Kier molecular flexibility index (Phi) is 6.06. The lowest BCUT2D eigenvalue weighted by Crippen LogP contribution is -2.35. The van der Waals surface area contributed by atoms with Crippen LogP contribution in [0.2, 0.25) is 0 Å². The van der Waals surface area contributed by atoms with E-state index in [0.29, 0.717) is 0 Å². The van der Waals surface area contributed by atoms with Gasteiger partial charge in [-0.05, 0) is 17.7 Å². The Morgan fingerprint density at radius 3 is 2.00 bits per heavy atom. The van der Waals surface area contributed by atoms with Crippen LogP contribution in [0.3, 0.4) is 0 Å². The first kappa shape index (κ1) is 20.2. The Hall–Kier alpha value is -3.49. The van der Waals surface area contributed by atoms with Crippen LogP contribution in [0.5, 0.6) is 5.75 Å². The molecule has 2 aromatic carbocycles. The van der Waals surface area contributed by atoms with Crippen molar-refractivity contribution in [3.8, 4) is 5.75 Å². The molecule has 0 radical (unpaired) electrons. The second-order valence-electron chi connectivity index (χ2n) is 5.84. The number of carbonyl (C=O) groups is 1. The summed E-state index contributed by atoms with van der Waals surface area (Å²) in [4.78, 5) is 17.9. The molecule has 0 spiro atoms. The van der Waals surface area contributed by atoms with Crippen LogP contribution < -0.4 is 9.64 Å². The van der Waals surface area contributed by atoms with Gasteiger partial charge in [0.05, 0.1) is 6.54 Å². The largest absolute Gasteiger partial charge is 0.477 e. The number of hydrogen-bond donors (Lipinski definition) is 0. The van der Waals surface area contributed by atoms with E-state index in [1.54, 1.807) is 42.5 Å². The SMILES string of the molecule is O=C(COc1c(F)c(F)c(F)c(F)c1F)N(Cc1ccccc1)c1ccccn1. The third-order valence-corrected chi connectivity index (χ3v) is 3.92. The van der Waals surface area contributed by atoms with Crippen molar-refractivity contribution in [1.29, 1.82) is 0 Å². The lowest BCUT2D eigenvalue weighted by molar-refractivity contribution is -0.120. The molecular weight excluding hydrogens is 395 g/mol. The van der Waals surface area contributed by atoms with Crippen molar-refractivity contribution in [2.24, 2.45) is 0 Å². The molecule has 0 fully saturated rings. The number of pyridine rings is 1. The van der Waals surface area contributed by atoms with Crippen LogP contribution in [-0.2, 0) is 11.3 Å². The van der Waals surface area contributed by atoms with E-state index in [9.17, 15) is 26.7 Å². The molecule has 0 aliphatic rings. The predicted octanol–water partition coefficient (Wildman–Crippen LogP) is 4.39. The summed E-state index contributed by atoms with van der Waals surface area (Å²) in [5.41, 5.74) is 0.725. The smallest absolute Gasteiger partial charge is 0.266 e. The Morgan fingerprint density at radius 1 is 0.828 bits per heavy atom. The van der Waals surface area contributed by atoms with Gasteiger partial charge in [0.2, 0.25) is 29.1 Å². The second-order valence-corrected chi connectivity index (χ2v) is 5.84. The van der Waals surface area contributed by atoms with E-state index in [-0.39, 0.29) is 12.4 Å². The molecule has 29 heavy (non-hydrogen) atoms. The molecule has 0 atom stereocenters. The van der Waals surface area contributed by atoms with Crippen LogP contribution in [0, 0.1) is 29.1 Å². The maximum absolute atomic E-state index is 13.7. The van der Waals surface area contributed by atoms with Crippen molar-refractivity contribution in [2.45, 2.75) is 6.54 Å². The Balaban J connectivity index is 1.85. The molecule has 0 saturated carbocycles. The number of nitrogens with zero attached hydrogens (tertiary/aromatic N) is 2. The van der Waals surface area contributed by atoms with Crippen LogP contribution >= 0.6 is 0 Å². The summed E-state index contributed by atoms with van der Waals surface area (Å²) >= 11 is 0. The standard InChI is InChI=1S/C20H13F5N2O2/c21-15-16(22)18(24)20(19(25)17(15)23)29-11-14(28)27(13-8-4-5-9-26-13)10-12-6-2-1-3-7-12/h1-9H,10-11H2. The molecule has 0 bridgehead atoms. The molecule has 3 aromatic rings. The summed E-state index contributed by atoms with van der Waals surface area (Å²) in [6.07, 6.45) is 1.44. The zero-order chi connectivity index (χ0) is 21.0. The lowest BCUT2D eigenvalue weighted by Gasteiger charge is -2.22. The molecule has 0 unspecified atom stereocenters. The van der Waals surface area contributed by atoms with Gasteiger partial charge in [-0.1, -0.05) is 36.4 Å². The first-order chi connectivity index (χ1) is 13.9. The molecule has 0 N–H and O–H groups in total. The fourth-order valence-electron chi connectivity index (χ4n) is 2.50. The molecule has 1 heterocycles. The third-order valence-electron chi connectivity index (χ3n) is 3.92. The normalized spacial score (nSPS) is 10.7. The number of amides is 1. The molecule has 3 rings (SSSR count). The summed E-state index contributed by atoms with van der Waals surface area (Å²) in [5.74, 6) is -13.0. The van der Waals surface area contributed by atoms with E-state index in [0.717, 1.165) is 5.56 Å². The van der Waals surface area contributed by atoms with Crippen LogP contribution in [-0.4, -0.2) is 17.5 Å². The van der Waals surface area contributed by atoms with Crippen LogP contribution in [0.25, 0.3) is 0 Å². The van der Waals surface area contributed by atoms with E-state index >= 15 is 0 Å². The molecule has 0 aliphatic heterocycles. The molecule has 1 aromatic heterocycles. The van der Waals surface area contributed by atoms with Crippen molar-refractivity contribution in [2.75, 3.05) is 11.5 Å². The highest BCUT2D eigenvalue weighted by molar-refractivity contribution is 5.93. The third kappa shape index (κ3) is 4.34. The average molecular weight is 408 g/mol. The summed E-state index contributed by atoms with van der Waals surface area (Å²) in [6, 6.07) is 13.5. The Bertz CT molecular complexity index is 987. The zero-order valence-corrected chi connectivity index (χ0v) is 14.7. The molecular formula is C20H13F5N2O2. The van der Waals surface area contributed by atoms with Crippen LogP contribution in [0.1, 0.15) is 5.56 Å². The van der Waals surface area contributed by atoms with Gasteiger partial charge in [-0.15, -0.1) is 0 Å². The maximum Gasteiger partial charge on any atom is 0.266 e. The van der Waals surface area contributed by atoms with Crippen molar-refractivity contribution in [3.63, 3.8) is 0 Å². The molecule has 0 aliphatic carbocycles. The fourth-order valence-corrected chi connectivity index (χ4v) is 2.50. The van der Waals surface area contributed by atoms with E-state index in [1.807, 2.05) is 0 Å². The molecule has 9 heteroatoms. The number of benzene rings is 2.